The first-order valence-corrected chi connectivity index (χ1v) is 10.3. The highest BCUT2D eigenvalue weighted by molar-refractivity contribution is 7.99. The van der Waals surface area contributed by atoms with Crippen LogP contribution >= 0.6 is 24.2 Å². The van der Waals surface area contributed by atoms with E-state index in [-0.39, 0.29) is 42.2 Å². The first-order valence-electron chi connectivity index (χ1n) is 9.14. The van der Waals surface area contributed by atoms with Crippen LogP contribution in [0.25, 0.3) is 0 Å². The second-order valence-corrected chi connectivity index (χ2v) is 7.78. The van der Waals surface area contributed by atoms with Crippen LogP contribution in [0.4, 0.5) is 0 Å². The van der Waals surface area contributed by atoms with E-state index in [2.05, 4.69) is 17.6 Å². The lowest BCUT2D eigenvalue weighted by Crippen LogP contribution is -2.51. The molecule has 1 aromatic carbocycles. The molecule has 5 nitrogen and oxygen atoms in total. The van der Waals surface area contributed by atoms with Crippen LogP contribution in [0.5, 0.6) is 0 Å². The number of hydrogen-bond acceptors (Lipinski definition) is 4. The SMILES string of the molecule is CCC(C(=O)N1CCC(NC(=O)C2CSCN2)CC1)c1ccccc1.Cl. The molecule has 2 atom stereocenters. The number of halogens is 1. The number of hydrogen-bond donors (Lipinski definition) is 2. The fourth-order valence-corrected chi connectivity index (χ4v) is 4.51. The van der Waals surface area contributed by atoms with E-state index in [1.807, 2.05) is 35.2 Å². The predicted octanol–water partition coefficient (Wildman–Crippen LogP) is 2.37. The summed E-state index contributed by atoms with van der Waals surface area (Å²) in [6, 6.07) is 10.1. The number of carbonyl (C=O) groups excluding carboxylic acids is 2. The van der Waals surface area contributed by atoms with E-state index in [0.29, 0.717) is 0 Å². The lowest BCUT2D eigenvalue weighted by molar-refractivity contribution is -0.134. The largest absolute Gasteiger partial charge is 0.352 e. The topological polar surface area (TPSA) is 61.4 Å². The molecule has 0 aromatic heterocycles. The van der Waals surface area contributed by atoms with Gasteiger partial charge in [0.2, 0.25) is 11.8 Å². The number of likely N-dealkylation sites (tertiary alicyclic amines) is 1. The fraction of sp³-hybridized carbons (Fsp3) is 0.579. The molecule has 0 spiro atoms. The number of thioether (sulfide) groups is 1. The molecule has 2 heterocycles. The third-order valence-corrected chi connectivity index (χ3v) is 6.03. The normalized spacial score (nSPS) is 21.7. The minimum absolute atomic E-state index is 0. The van der Waals surface area contributed by atoms with Crippen molar-refractivity contribution in [3.8, 4) is 0 Å². The molecular formula is C19H28ClN3O2S. The Bertz CT molecular complexity index is 588. The number of amides is 2. The van der Waals surface area contributed by atoms with Gasteiger partial charge in [-0.3, -0.25) is 14.9 Å². The lowest BCUT2D eigenvalue weighted by atomic mass is 9.93. The molecule has 2 aliphatic heterocycles. The molecule has 2 fully saturated rings. The molecule has 26 heavy (non-hydrogen) atoms. The lowest BCUT2D eigenvalue weighted by Gasteiger charge is -2.35. The Kier molecular flexibility index (Phi) is 8.25. The van der Waals surface area contributed by atoms with Gasteiger partial charge in [0.1, 0.15) is 0 Å². The molecule has 7 heteroatoms. The van der Waals surface area contributed by atoms with E-state index >= 15 is 0 Å². The molecule has 2 amide bonds. The van der Waals surface area contributed by atoms with Crippen molar-refractivity contribution in [3.05, 3.63) is 35.9 Å². The van der Waals surface area contributed by atoms with Crippen molar-refractivity contribution in [2.75, 3.05) is 24.7 Å². The molecule has 0 radical (unpaired) electrons. The zero-order chi connectivity index (χ0) is 17.6. The van der Waals surface area contributed by atoms with Crippen molar-refractivity contribution in [3.63, 3.8) is 0 Å². The van der Waals surface area contributed by atoms with Crippen LogP contribution < -0.4 is 10.6 Å². The summed E-state index contributed by atoms with van der Waals surface area (Å²) in [6.07, 6.45) is 2.48. The summed E-state index contributed by atoms with van der Waals surface area (Å²) in [6.45, 7) is 3.51. The van der Waals surface area contributed by atoms with Crippen molar-refractivity contribution in [1.82, 2.24) is 15.5 Å². The van der Waals surface area contributed by atoms with Gasteiger partial charge in [-0.15, -0.1) is 24.2 Å². The van der Waals surface area contributed by atoms with Gasteiger partial charge in [-0.25, -0.2) is 0 Å². The van der Waals surface area contributed by atoms with Gasteiger partial charge in [-0.05, 0) is 24.8 Å². The monoisotopic (exact) mass is 397 g/mol. The predicted molar refractivity (Wildman–Crippen MR) is 109 cm³/mol. The Labute approximate surface area is 166 Å². The molecule has 144 valence electrons. The molecule has 0 saturated carbocycles. The van der Waals surface area contributed by atoms with E-state index in [9.17, 15) is 9.59 Å². The third-order valence-electron chi connectivity index (χ3n) is 5.09. The molecular weight excluding hydrogens is 370 g/mol. The highest BCUT2D eigenvalue weighted by Crippen LogP contribution is 2.24. The maximum absolute atomic E-state index is 12.9. The Hall–Kier alpha value is -1.24. The average molecular weight is 398 g/mol. The summed E-state index contributed by atoms with van der Waals surface area (Å²) in [5.41, 5.74) is 1.09. The van der Waals surface area contributed by atoms with Gasteiger partial charge in [0.05, 0.1) is 12.0 Å². The quantitative estimate of drug-likeness (QED) is 0.800. The first-order chi connectivity index (χ1) is 12.2. The molecule has 3 rings (SSSR count). The van der Waals surface area contributed by atoms with E-state index in [1.165, 1.54) is 0 Å². The summed E-state index contributed by atoms with van der Waals surface area (Å²) in [4.78, 5) is 27.1. The van der Waals surface area contributed by atoms with Crippen LogP contribution in [-0.2, 0) is 9.59 Å². The van der Waals surface area contributed by atoms with E-state index in [4.69, 9.17) is 0 Å². The van der Waals surface area contributed by atoms with E-state index < -0.39 is 0 Å². The van der Waals surface area contributed by atoms with Gasteiger partial charge in [0, 0.05) is 30.8 Å². The number of rotatable bonds is 5. The molecule has 2 aliphatic rings. The van der Waals surface area contributed by atoms with E-state index in [0.717, 1.165) is 49.5 Å². The number of nitrogens with one attached hydrogen (secondary N) is 2. The second-order valence-electron chi connectivity index (χ2n) is 6.75. The summed E-state index contributed by atoms with van der Waals surface area (Å²) < 4.78 is 0. The molecule has 0 aliphatic carbocycles. The summed E-state index contributed by atoms with van der Waals surface area (Å²) in [7, 11) is 0. The summed E-state index contributed by atoms with van der Waals surface area (Å²) in [5, 5.41) is 6.34. The summed E-state index contributed by atoms with van der Waals surface area (Å²) in [5.74, 6) is 1.95. The highest BCUT2D eigenvalue weighted by Gasteiger charge is 2.30. The van der Waals surface area contributed by atoms with Crippen molar-refractivity contribution >= 4 is 36.0 Å². The third kappa shape index (κ3) is 5.15. The molecule has 1 aromatic rings. The van der Waals surface area contributed by atoms with Gasteiger partial charge in [-0.1, -0.05) is 37.3 Å². The molecule has 2 unspecified atom stereocenters. The smallest absolute Gasteiger partial charge is 0.238 e. The van der Waals surface area contributed by atoms with Crippen molar-refractivity contribution in [2.24, 2.45) is 0 Å². The first kappa shape index (κ1) is 21.1. The zero-order valence-corrected chi connectivity index (χ0v) is 16.8. The zero-order valence-electron chi connectivity index (χ0n) is 15.1. The van der Waals surface area contributed by atoms with Crippen molar-refractivity contribution in [1.29, 1.82) is 0 Å². The number of benzene rings is 1. The van der Waals surface area contributed by atoms with Crippen molar-refractivity contribution < 1.29 is 9.59 Å². The summed E-state index contributed by atoms with van der Waals surface area (Å²) >= 11 is 1.76. The minimum atomic E-state index is -0.0629. The average Bonchev–Trinajstić information content (AvgIpc) is 3.19. The van der Waals surface area contributed by atoms with Crippen molar-refractivity contribution in [2.45, 2.75) is 44.2 Å². The molecule has 0 bridgehead atoms. The van der Waals surface area contributed by atoms with Gasteiger partial charge < -0.3 is 10.2 Å². The van der Waals surface area contributed by atoms with Crippen LogP contribution in [0.2, 0.25) is 0 Å². The second kappa shape index (κ2) is 10.2. The maximum Gasteiger partial charge on any atom is 0.238 e. The van der Waals surface area contributed by atoms with Crippen LogP contribution in [0.15, 0.2) is 30.3 Å². The van der Waals surface area contributed by atoms with Crippen LogP contribution in [-0.4, -0.2) is 53.5 Å². The van der Waals surface area contributed by atoms with Crippen LogP contribution in [0, 0.1) is 0 Å². The van der Waals surface area contributed by atoms with Crippen LogP contribution in [0.3, 0.4) is 0 Å². The molecule has 2 N–H and O–H groups in total. The Morgan fingerprint density at radius 1 is 1.27 bits per heavy atom. The van der Waals surface area contributed by atoms with Gasteiger partial charge in [-0.2, -0.15) is 0 Å². The van der Waals surface area contributed by atoms with Gasteiger partial charge in [0.25, 0.3) is 0 Å². The Morgan fingerprint density at radius 3 is 2.54 bits per heavy atom. The minimum Gasteiger partial charge on any atom is -0.352 e. The number of nitrogens with zero attached hydrogens (tertiary/aromatic N) is 1. The van der Waals surface area contributed by atoms with E-state index in [1.54, 1.807) is 11.8 Å². The standard InChI is InChI=1S/C19H27N3O2S.ClH/c1-2-16(14-6-4-3-5-7-14)19(24)22-10-8-15(9-11-22)21-18(23)17-12-25-13-20-17;/h3-7,15-17,20H,2,8-13H2,1H3,(H,21,23);1H. The van der Waals surface area contributed by atoms with Gasteiger partial charge in [0.15, 0.2) is 0 Å². The number of piperidine rings is 1. The molecule has 2 saturated heterocycles. The fourth-order valence-electron chi connectivity index (χ4n) is 3.57. The number of carbonyl (C=O) groups is 2. The maximum atomic E-state index is 12.9. The highest BCUT2D eigenvalue weighted by atomic mass is 35.5. The Morgan fingerprint density at radius 2 is 1.96 bits per heavy atom. The van der Waals surface area contributed by atoms with Crippen LogP contribution in [0.1, 0.15) is 37.7 Å². The van der Waals surface area contributed by atoms with Gasteiger partial charge >= 0.3 is 0 Å². The Balaban J connectivity index is 0.00000243.